The Morgan fingerprint density at radius 3 is 2.22 bits per heavy atom. The number of hydrogen-bond acceptors (Lipinski definition) is 2. The lowest BCUT2D eigenvalue weighted by molar-refractivity contribution is 0.615. The molecule has 0 saturated carbocycles. The maximum Gasteiger partial charge on any atom is 0.191 e. The van der Waals surface area contributed by atoms with Crippen molar-refractivity contribution >= 4 is 40.7 Å². The summed E-state index contributed by atoms with van der Waals surface area (Å²) in [5, 5.41) is 6.39. The molecule has 0 saturated heterocycles. The molecule has 6 heteroatoms. The third-order valence-electron chi connectivity index (χ3n) is 2.16. The first-order valence-corrected chi connectivity index (χ1v) is 7.42. The molecule has 0 aliphatic carbocycles. The lowest BCUT2D eigenvalue weighted by Gasteiger charge is -2.18. The van der Waals surface area contributed by atoms with Crippen molar-refractivity contribution < 1.29 is 4.21 Å². The van der Waals surface area contributed by atoms with Crippen LogP contribution in [0.25, 0.3) is 0 Å². The Kier molecular flexibility index (Phi) is 11.4. The Bertz CT molecular complexity index is 275. The lowest BCUT2D eigenvalue weighted by Crippen LogP contribution is -2.41. The molecule has 0 aromatic carbocycles. The second-order valence-corrected chi connectivity index (χ2v) is 7.76. The van der Waals surface area contributed by atoms with Crippen LogP contribution in [0.15, 0.2) is 4.99 Å². The largest absolute Gasteiger partial charge is 0.356 e. The van der Waals surface area contributed by atoms with Crippen LogP contribution in [0.4, 0.5) is 0 Å². The molecule has 0 aliphatic heterocycles. The number of hydrogen-bond donors (Lipinski definition) is 2. The van der Waals surface area contributed by atoms with Crippen LogP contribution in [0.2, 0.25) is 0 Å². The van der Waals surface area contributed by atoms with Gasteiger partial charge in [0.05, 0.1) is 0 Å². The van der Waals surface area contributed by atoms with Gasteiger partial charge in [0.1, 0.15) is 0 Å². The van der Waals surface area contributed by atoms with Crippen LogP contribution in [0.3, 0.4) is 0 Å². The standard InChI is InChI=1S/C12H27N3OS.HI/c1-10(2)9-15-11(13-6)14-7-8-17(16)12(3,4)5;/h10H,7-9H2,1-6H3,(H2,13,14,15);1H. The van der Waals surface area contributed by atoms with Crippen LogP contribution in [0.1, 0.15) is 34.6 Å². The maximum atomic E-state index is 11.8. The molecule has 0 fully saturated rings. The summed E-state index contributed by atoms with van der Waals surface area (Å²) in [7, 11) is 0.933. The SMILES string of the molecule is CN=C(NCCS(=O)C(C)(C)C)NCC(C)C.I. The fourth-order valence-electron chi connectivity index (χ4n) is 1.09. The van der Waals surface area contributed by atoms with Crippen molar-refractivity contribution in [3.8, 4) is 0 Å². The quantitative estimate of drug-likeness (QED) is 0.430. The highest BCUT2D eigenvalue weighted by Crippen LogP contribution is 2.10. The van der Waals surface area contributed by atoms with Crippen molar-refractivity contribution in [1.82, 2.24) is 10.6 Å². The molecule has 1 unspecified atom stereocenters. The monoisotopic (exact) mass is 389 g/mol. The van der Waals surface area contributed by atoms with E-state index in [1.54, 1.807) is 7.05 Å². The Morgan fingerprint density at radius 2 is 1.83 bits per heavy atom. The topological polar surface area (TPSA) is 53.5 Å². The number of guanidine groups is 1. The molecular formula is C12H28IN3OS. The van der Waals surface area contributed by atoms with Gasteiger partial charge in [-0.25, -0.2) is 0 Å². The van der Waals surface area contributed by atoms with E-state index in [2.05, 4.69) is 29.5 Å². The molecule has 0 radical (unpaired) electrons. The molecule has 0 aromatic heterocycles. The molecule has 0 spiro atoms. The smallest absolute Gasteiger partial charge is 0.191 e. The second kappa shape index (κ2) is 10.00. The zero-order valence-electron chi connectivity index (χ0n) is 12.4. The predicted octanol–water partition coefficient (Wildman–Crippen LogP) is 1.97. The minimum Gasteiger partial charge on any atom is -0.356 e. The van der Waals surface area contributed by atoms with E-state index in [4.69, 9.17) is 0 Å². The maximum absolute atomic E-state index is 11.8. The molecule has 0 aliphatic rings. The highest BCUT2D eigenvalue weighted by molar-refractivity contribution is 14.0. The summed E-state index contributed by atoms with van der Waals surface area (Å²) in [4.78, 5) is 4.11. The van der Waals surface area contributed by atoms with Crippen molar-refractivity contribution in [3.63, 3.8) is 0 Å². The number of rotatable bonds is 5. The van der Waals surface area contributed by atoms with E-state index in [1.165, 1.54) is 0 Å². The second-order valence-electron chi connectivity index (χ2n) is 5.44. The minimum absolute atomic E-state index is 0. The van der Waals surface area contributed by atoms with Gasteiger partial charge in [-0.15, -0.1) is 24.0 Å². The van der Waals surface area contributed by atoms with Gasteiger partial charge in [-0.1, -0.05) is 13.8 Å². The highest BCUT2D eigenvalue weighted by atomic mass is 127. The summed E-state index contributed by atoms with van der Waals surface area (Å²) in [5.74, 6) is 2.01. The van der Waals surface area contributed by atoms with E-state index in [0.717, 1.165) is 12.5 Å². The zero-order valence-corrected chi connectivity index (χ0v) is 15.5. The van der Waals surface area contributed by atoms with Gasteiger partial charge in [0.2, 0.25) is 0 Å². The molecule has 0 rings (SSSR count). The van der Waals surface area contributed by atoms with E-state index in [0.29, 0.717) is 18.2 Å². The van der Waals surface area contributed by atoms with Crippen LogP contribution in [-0.4, -0.2) is 40.8 Å². The van der Waals surface area contributed by atoms with E-state index >= 15 is 0 Å². The summed E-state index contributed by atoms with van der Waals surface area (Å²) < 4.78 is 11.7. The average Bonchev–Trinajstić information content (AvgIpc) is 2.21. The molecule has 110 valence electrons. The normalized spacial score (nSPS) is 14.1. The molecule has 4 nitrogen and oxygen atoms in total. The first kappa shape index (κ1) is 20.5. The third-order valence-corrected chi connectivity index (χ3v) is 4.11. The van der Waals surface area contributed by atoms with Gasteiger partial charge >= 0.3 is 0 Å². The fourth-order valence-corrected chi connectivity index (χ4v) is 1.99. The third kappa shape index (κ3) is 10.1. The van der Waals surface area contributed by atoms with E-state index in [-0.39, 0.29) is 28.7 Å². The molecule has 0 amide bonds. The Morgan fingerprint density at radius 1 is 1.28 bits per heavy atom. The summed E-state index contributed by atoms with van der Waals surface area (Å²) >= 11 is 0. The molecule has 0 bridgehead atoms. The Labute approximate surface area is 131 Å². The molecule has 0 heterocycles. The van der Waals surface area contributed by atoms with Crippen molar-refractivity contribution in [2.75, 3.05) is 25.9 Å². The van der Waals surface area contributed by atoms with Crippen molar-refractivity contribution in [3.05, 3.63) is 0 Å². The van der Waals surface area contributed by atoms with Gasteiger partial charge in [0, 0.05) is 41.4 Å². The van der Waals surface area contributed by atoms with Gasteiger partial charge in [0.25, 0.3) is 0 Å². The predicted molar refractivity (Wildman–Crippen MR) is 92.4 cm³/mol. The fraction of sp³-hybridized carbons (Fsp3) is 0.917. The van der Waals surface area contributed by atoms with Crippen LogP contribution in [0, 0.1) is 5.92 Å². The average molecular weight is 389 g/mol. The summed E-state index contributed by atoms with van der Waals surface area (Å²) in [5.41, 5.74) is 0. The molecule has 1 atom stereocenters. The van der Waals surface area contributed by atoms with Crippen molar-refractivity contribution in [2.24, 2.45) is 10.9 Å². The number of halogens is 1. The first-order chi connectivity index (χ1) is 7.77. The molecular weight excluding hydrogens is 361 g/mol. The minimum atomic E-state index is -0.814. The van der Waals surface area contributed by atoms with E-state index < -0.39 is 10.8 Å². The highest BCUT2D eigenvalue weighted by Gasteiger charge is 2.18. The number of aliphatic imine (C=N–C) groups is 1. The zero-order chi connectivity index (χ0) is 13.5. The van der Waals surface area contributed by atoms with Gasteiger partial charge in [-0.3, -0.25) is 9.20 Å². The summed E-state index contributed by atoms with van der Waals surface area (Å²) in [6.45, 7) is 11.9. The van der Waals surface area contributed by atoms with Gasteiger partial charge in [-0.2, -0.15) is 0 Å². The molecule has 2 N–H and O–H groups in total. The van der Waals surface area contributed by atoms with Gasteiger partial charge in [0.15, 0.2) is 5.96 Å². The number of nitrogens with one attached hydrogen (secondary N) is 2. The van der Waals surface area contributed by atoms with Gasteiger partial charge in [-0.05, 0) is 26.7 Å². The van der Waals surface area contributed by atoms with Crippen molar-refractivity contribution in [2.45, 2.75) is 39.4 Å². The number of nitrogens with zero attached hydrogens (tertiary/aromatic N) is 1. The van der Waals surface area contributed by atoms with E-state index in [1.807, 2.05) is 20.8 Å². The molecule has 0 aromatic rings. The van der Waals surface area contributed by atoms with Crippen LogP contribution >= 0.6 is 24.0 Å². The van der Waals surface area contributed by atoms with Crippen LogP contribution in [-0.2, 0) is 10.8 Å². The van der Waals surface area contributed by atoms with E-state index in [9.17, 15) is 4.21 Å². The Hall–Kier alpha value is 0.150. The summed E-state index contributed by atoms with van der Waals surface area (Å²) in [6, 6.07) is 0. The van der Waals surface area contributed by atoms with Crippen LogP contribution < -0.4 is 10.6 Å². The first-order valence-electron chi connectivity index (χ1n) is 6.10. The van der Waals surface area contributed by atoms with Crippen LogP contribution in [0.5, 0.6) is 0 Å². The summed E-state index contributed by atoms with van der Waals surface area (Å²) in [6.07, 6.45) is 0. The molecule has 18 heavy (non-hydrogen) atoms. The lowest BCUT2D eigenvalue weighted by atomic mass is 10.2. The Balaban J connectivity index is 0. The van der Waals surface area contributed by atoms with Gasteiger partial charge < -0.3 is 10.6 Å². The van der Waals surface area contributed by atoms with Crippen molar-refractivity contribution in [1.29, 1.82) is 0 Å².